The van der Waals surface area contributed by atoms with Gasteiger partial charge in [-0.2, -0.15) is 0 Å². The number of ether oxygens (including phenoxy) is 2. The lowest BCUT2D eigenvalue weighted by molar-refractivity contribution is -0.304. The minimum atomic E-state index is -0.934. The van der Waals surface area contributed by atoms with Crippen molar-refractivity contribution in [2.75, 3.05) is 13.2 Å². The van der Waals surface area contributed by atoms with E-state index in [9.17, 15) is 19.5 Å². The van der Waals surface area contributed by atoms with E-state index in [0.717, 1.165) is 51.4 Å². The van der Waals surface area contributed by atoms with Gasteiger partial charge in [0, 0.05) is 23.4 Å². The van der Waals surface area contributed by atoms with Crippen molar-refractivity contribution in [1.29, 1.82) is 0 Å². The highest BCUT2D eigenvalue weighted by molar-refractivity contribution is 5.84. The van der Waals surface area contributed by atoms with Gasteiger partial charge in [-0.3, -0.25) is 14.4 Å². The smallest absolute Gasteiger partial charge is 0.308 e. The molecule has 0 spiro atoms. The maximum atomic E-state index is 13.7. The molecule has 2 aliphatic carbocycles. The van der Waals surface area contributed by atoms with Crippen LogP contribution in [-0.4, -0.2) is 54.0 Å². The molecule has 1 aliphatic heterocycles. The van der Waals surface area contributed by atoms with Crippen LogP contribution in [0, 0.1) is 22.7 Å². The largest absolute Gasteiger partial charge is 0.481 e. The van der Waals surface area contributed by atoms with Crippen LogP contribution in [0.15, 0.2) is 12.2 Å². The standard InChI is InChI=1S/C40H70N2O6/c1-6-7-8-9-10-11-12-13-14-15-16-17-18-19-20-21-26-40(27-23-28-40)37(46)42-33-25-22-24-31(33)32(36(44)45)29-41-35(43)34-38(2,3)30-47-39(4,5)48-34/h13-14,31-34H,6-12,15-30H2,1-5H3,(H,41,43)(H,42,46)(H,44,45). The zero-order valence-electron chi connectivity index (χ0n) is 31.2. The number of unbranched alkanes of at least 4 members (excludes halogenated alkanes) is 12. The number of nitrogens with one attached hydrogen (secondary N) is 2. The van der Waals surface area contributed by atoms with Crippen LogP contribution in [0.2, 0.25) is 0 Å². The van der Waals surface area contributed by atoms with Gasteiger partial charge in [0.1, 0.15) is 6.10 Å². The van der Waals surface area contributed by atoms with Crippen LogP contribution in [0.5, 0.6) is 0 Å². The molecular formula is C40H70N2O6. The van der Waals surface area contributed by atoms with Crippen LogP contribution in [-0.2, 0) is 23.9 Å². The number of allylic oxidation sites excluding steroid dienone is 2. The quantitative estimate of drug-likeness (QED) is 0.0737. The number of carbonyl (C=O) groups excluding carboxylic acids is 2. The monoisotopic (exact) mass is 675 g/mol. The Hall–Kier alpha value is -1.93. The molecule has 3 rings (SSSR count). The Morgan fingerprint density at radius 1 is 0.833 bits per heavy atom. The molecule has 3 fully saturated rings. The Balaban J connectivity index is 1.36. The molecule has 0 radical (unpaired) electrons. The number of amides is 2. The van der Waals surface area contributed by atoms with E-state index < -0.39 is 29.2 Å². The van der Waals surface area contributed by atoms with E-state index in [2.05, 4.69) is 29.7 Å². The lowest BCUT2D eigenvalue weighted by Gasteiger charge is -2.45. The molecule has 0 aromatic carbocycles. The first-order valence-corrected chi connectivity index (χ1v) is 19.7. The second-order valence-electron chi connectivity index (χ2n) is 16.4. The summed E-state index contributed by atoms with van der Waals surface area (Å²) < 4.78 is 11.7. The van der Waals surface area contributed by atoms with Crippen molar-refractivity contribution < 1.29 is 29.0 Å². The van der Waals surface area contributed by atoms with Gasteiger partial charge in [0.25, 0.3) is 0 Å². The molecule has 8 heteroatoms. The Morgan fingerprint density at radius 3 is 2.02 bits per heavy atom. The summed E-state index contributed by atoms with van der Waals surface area (Å²) in [4.78, 5) is 39.3. The average Bonchev–Trinajstić information content (AvgIpc) is 3.46. The van der Waals surface area contributed by atoms with Gasteiger partial charge in [0.05, 0.1) is 12.5 Å². The zero-order valence-corrected chi connectivity index (χ0v) is 31.2. The summed E-state index contributed by atoms with van der Waals surface area (Å²) in [6, 6.07) is -0.178. The molecule has 4 unspecified atom stereocenters. The Labute approximate surface area is 292 Å². The van der Waals surface area contributed by atoms with Crippen molar-refractivity contribution in [3.05, 3.63) is 12.2 Å². The number of carboxylic acid groups (broad SMARTS) is 1. The Kier molecular flexibility index (Phi) is 16.9. The summed E-state index contributed by atoms with van der Waals surface area (Å²) >= 11 is 0. The summed E-state index contributed by atoms with van der Waals surface area (Å²) in [6.07, 6.45) is 28.1. The number of carboxylic acids is 1. The summed E-state index contributed by atoms with van der Waals surface area (Å²) in [7, 11) is 0. The molecule has 2 amide bonds. The normalized spacial score (nSPS) is 25.0. The average molecular weight is 675 g/mol. The van der Waals surface area contributed by atoms with Crippen LogP contribution in [0.1, 0.15) is 169 Å². The second kappa shape index (κ2) is 20.1. The molecular weight excluding hydrogens is 604 g/mol. The molecule has 0 bridgehead atoms. The van der Waals surface area contributed by atoms with Gasteiger partial charge in [0.15, 0.2) is 5.79 Å². The molecule has 276 valence electrons. The summed E-state index contributed by atoms with van der Waals surface area (Å²) in [5.41, 5.74) is -0.830. The van der Waals surface area contributed by atoms with Crippen molar-refractivity contribution in [3.8, 4) is 0 Å². The van der Waals surface area contributed by atoms with Crippen LogP contribution >= 0.6 is 0 Å². The highest BCUT2D eigenvalue weighted by Gasteiger charge is 2.48. The van der Waals surface area contributed by atoms with Crippen molar-refractivity contribution >= 4 is 17.8 Å². The minimum absolute atomic E-state index is 0.0169. The fourth-order valence-corrected chi connectivity index (χ4v) is 7.92. The molecule has 48 heavy (non-hydrogen) atoms. The van der Waals surface area contributed by atoms with Crippen molar-refractivity contribution in [2.45, 2.75) is 187 Å². The number of aliphatic carboxylic acids is 1. The fourth-order valence-electron chi connectivity index (χ4n) is 7.92. The van der Waals surface area contributed by atoms with E-state index >= 15 is 0 Å². The third kappa shape index (κ3) is 12.8. The van der Waals surface area contributed by atoms with Crippen LogP contribution in [0.25, 0.3) is 0 Å². The van der Waals surface area contributed by atoms with E-state index in [1.165, 1.54) is 83.5 Å². The minimum Gasteiger partial charge on any atom is -0.481 e. The van der Waals surface area contributed by atoms with Crippen LogP contribution < -0.4 is 10.6 Å². The molecule has 4 atom stereocenters. The Bertz CT molecular complexity index is 1020. The fraction of sp³-hybridized carbons (Fsp3) is 0.875. The van der Waals surface area contributed by atoms with Crippen molar-refractivity contribution in [3.63, 3.8) is 0 Å². The maximum Gasteiger partial charge on any atom is 0.308 e. The summed E-state index contributed by atoms with van der Waals surface area (Å²) in [5.74, 6) is -3.00. The van der Waals surface area contributed by atoms with Crippen LogP contribution in [0.4, 0.5) is 0 Å². The van der Waals surface area contributed by atoms with Gasteiger partial charge < -0.3 is 25.2 Å². The van der Waals surface area contributed by atoms with Crippen molar-refractivity contribution in [2.24, 2.45) is 22.7 Å². The highest BCUT2D eigenvalue weighted by atomic mass is 16.7. The summed E-state index contributed by atoms with van der Waals surface area (Å²) in [5, 5.41) is 16.4. The maximum absolute atomic E-state index is 13.7. The zero-order chi connectivity index (χ0) is 35.0. The van der Waals surface area contributed by atoms with Crippen LogP contribution in [0.3, 0.4) is 0 Å². The first-order valence-electron chi connectivity index (χ1n) is 19.7. The van der Waals surface area contributed by atoms with Gasteiger partial charge >= 0.3 is 5.97 Å². The summed E-state index contributed by atoms with van der Waals surface area (Å²) in [6.45, 7) is 10.0. The molecule has 1 heterocycles. The number of hydrogen-bond acceptors (Lipinski definition) is 5. The van der Waals surface area contributed by atoms with E-state index in [-0.39, 0.29) is 35.7 Å². The van der Waals surface area contributed by atoms with Gasteiger partial charge in [-0.15, -0.1) is 0 Å². The first-order chi connectivity index (χ1) is 22.9. The van der Waals surface area contributed by atoms with Gasteiger partial charge in [0.2, 0.25) is 11.8 Å². The first kappa shape index (κ1) is 40.5. The van der Waals surface area contributed by atoms with Gasteiger partial charge in [-0.05, 0) is 77.6 Å². The lowest BCUT2D eigenvalue weighted by atomic mass is 9.65. The lowest BCUT2D eigenvalue weighted by Crippen LogP contribution is -2.57. The third-order valence-electron chi connectivity index (χ3n) is 11.3. The van der Waals surface area contributed by atoms with E-state index in [0.29, 0.717) is 6.61 Å². The SMILES string of the molecule is CCCCCCCCC=CCCCCCCCCC1(C(=O)NC2CCCC2C(CNC(=O)C2OC(C)(C)OCC2(C)C)C(=O)O)CCC1. The molecule has 8 nitrogen and oxygen atoms in total. The number of carbonyl (C=O) groups is 3. The van der Waals surface area contributed by atoms with Gasteiger partial charge in [-0.1, -0.05) is 110 Å². The van der Waals surface area contributed by atoms with E-state index in [4.69, 9.17) is 9.47 Å². The molecule has 0 aromatic heterocycles. The van der Waals surface area contributed by atoms with E-state index in [1.54, 1.807) is 13.8 Å². The third-order valence-corrected chi connectivity index (χ3v) is 11.3. The van der Waals surface area contributed by atoms with Gasteiger partial charge in [-0.25, -0.2) is 0 Å². The molecule has 3 N–H and O–H groups in total. The molecule has 0 aromatic rings. The number of rotatable bonds is 23. The highest BCUT2D eigenvalue weighted by Crippen LogP contribution is 2.46. The predicted octanol–water partition coefficient (Wildman–Crippen LogP) is 8.86. The molecule has 2 saturated carbocycles. The van der Waals surface area contributed by atoms with E-state index in [1.807, 2.05) is 13.8 Å². The molecule has 3 aliphatic rings. The topological polar surface area (TPSA) is 114 Å². The second-order valence-corrected chi connectivity index (χ2v) is 16.4. The Morgan fingerprint density at radius 2 is 1.44 bits per heavy atom. The predicted molar refractivity (Wildman–Crippen MR) is 192 cm³/mol. The van der Waals surface area contributed by atoms with Crippen molar-refractivity contribution in [1.82, 2.24) is 10.6 Å². The molecule has 1 saturated heterocycles. The number of hydrogen-bond donors (Lipinski definition) is 3.